The monoisotopic (exact) mass is 412 g/mol. The first-order chi connectivity index (χ1) is 14.6. The van der Waals surface area contributed by atoms with Crippen molar-refractivity contribution in [2.24, 2.45) is 0 Å². The van der Waals surface area contributed by atoms with Gasteiger partial charge in [-0.1, -0.05) is 24.3 Å². The lowest BCUT2D eigenvalue weighted by Gasteiger charge is -2.37. The van der Waals surface area contributed by atoms with Crippen LogP contribution in [0, 0.1) is 0 Å². The summed E-state index contributed by atoms with van der Waals surface area (Å²) in [5.74, 6) is 0.710. The third-order valence-electron chi connectivity index (χ3n) is 6.04. The molecule has 0 aliphatic carbocycles. The van der Waals surface area contributed by atoms with Crippen molar-refractivity contribution in [3.8, 4) is 0 Å². The van der Waals surface area contributed by atoms with E-state index in [1.165, 1.54) is 0 Å². The molecule has 8 nitrogen and oxygen atoms in total. The molecule has 162 valence electrons. The van der Waals surface area contributed by atoms with Gasteiger partial charge in [0.1, 0.15) is 0 Å². The molecule has 1 amide bonds. The maximum Gasteiger partial charge on any atom is 0.272 e. The molecule has 8 heteroatoms. The van der Waals surface area contributed by atoms with Crippen molar-refractivity contribution in [3.63, 3.8) is 0 Å². The molecule has 0 saturated carbocycles. The van der Waals surface area contributed by atoms with E-state index >= 15 is 0 Å². The molecule has 1 N–H and O–H groups in total. The summed E-state index contributed by atoms with van der Waals surface area (Å²) in [5, 5.41) is 13.7. The molecule has 3 heterocycles. The van der Waals surface area contributed by atoms with Gasteiger partial charge in [-0.3, -0.25) is 14.6 Å². The molecule has 0 radical (unpaired) electrons. The van der Waals surface area contributed by atoms with E-state index in [1.807, 2.05) is 24.3 Å². The van der Waals surface area contributed by atoms with E-state index in [2.05, 4.69) is 44.1 Å². The normalized spacial score (nSPS) is 18.8. The van der Waals surface area contributed by atoms with Gasteiger partial charge in [-0.2, -0.15) is 0 Å². The number of anilines is 1. The number of nitrogens with one attached hydrogen (secondary N) is 1. The Morgan fingerprint density at radius 2 is 1.73 bits per heavy atom. The number of fused-ring (bicyclic) bond motifs is 1. The van der Waals surface area contributed by atoms with Crippen LogP contribution in [-0.2, 0) is 4.74 Å². The molecule has 2 aliphatic rings. The highest BCUT2D eigenvalue weighted by Crippen LogP contribution is 2.26. The van der Waals surface area contributed by atoms with Crippen LogP contribution in [0.5, 0.6) is 0 Å². The molecule has 4 rings (SSSR count). The summed E-state index contributed by atoms with van der Waals surface area (Å²) >= 11 is 0. The number of amides is 1. The fourth-order valence-corrected chi connectivity index (χ4v) is 4.18. The summed E-state index contributed by atoms with van der Waals surface area (Å²) in [6.45, 7) is 13.1. The van der Waals surface area contributed by atoms with Gasteiger partial charge < -0.3 is 15.0 Å². The summed E-state index contributed by atoms with van der Waals surface area (Å²) in [7, 11) is 0. The molecule has 0 spiro atoms. The standard InChI is InChI=1S/C22H32N6O2/c1-17(2)27-9-11-28(12-10-27)21-19-6-4-3-5-18(19)20(24-25-21)22(29)23-7-8-26-13-15-30-16-14-26/h3-6,17H,7-16H2,1-2H3,(H,23,29). The highest BCUT2D eigenvalue weighted by Gasteiger charge is 2.23. The Morgan fingerprint density at radius 3 is 2.43 bits per heavy atom. The molecular weight excluding hydrogens is 380 g/mol. The third-order valence-corrected chi connectivity index (χ3v) is 6.04. The van der Waals surface area contributed by atoms with Crippen molar-refractivity contribution in [1.29, 1.82) is 0 Å². The molecule has 0 atom stereocenters. The van der Waals surface area contributed by atoms with Crippen molar-refractivity contribution in [1.82, 2.24) is 25.3 Å². The molecule has 2 aliphatic heterocycles. The van der Waals surface area contributed by atoms with E-state index in [4.69, 9.17) is 4.74 Å². The summed E-state index contributed by atoms with van der Waals surface area (Å²) in [4.78, 5) is 19.9. The van der Waals surface area contributed by atoms with Crippen LogP contribution >= 0.6 is 0 Å². The molecule has 1 aromatic heterocycles. The molecular formula is C22H32N6O2. The van der Waals surface area contributed by atoms with Crippen LogP contribution in [-0.4, -0.2) is 97.5 Å². The van der Waals surface area contributed by atoms with Gasteiger partial charge in [0.2, 0.25) is 0 Å². The fraction of sp³-hybridized carbons (Fsp3) is 0.591. The summed E-state index contributed by atoms with van der Waals surface area (Å²) < 4.78 is 5.37. The lowest BCUT2D eigenvalue weighted by molar-refractivity contribution is 0.0383. The number of benzene rings is 1. The van der Waals surface area contributed by atoms with Gasteiger partial charge in [-0.05, 0) is 13.8 Å². The quantitative estimate of drug-likeness (QED) is 0.765. The van der Waals surface area contributed by atoms with Crippen LogP contribution in [0.2, 0.25) is 0 Å². The second-order valence-corrected chi connectivity index (χ2v) is 8.24. The van der Waals surface area contributed by atoms with Crippen LogP contribution in [0.1, 0.15) is 24.3 Å². The van der Waals surface area contributed by atoms with Crippen LogP contribution in [0.4, 0.5) is 5.82 Å². The molecule has 0 bridgehead atoms. The SMILES string of the molecule is CC(C)N1CCN(c2nnc(C(=O)NCCN3CCOCC3)c3ccccc23)CC1. The van der Waals surface area contributed by atoms with Gasteiger partial charge in [0.25, 0.3) is 5.91 Å². The number of ether oxygens (including phenoxy) is 1. The number of aromatic nitrogens is 2. The minimum Gasteiger partial charge on any atom is -0.379 e. The second-order valence-electron chi connectivity index (χ2n) is 8.24. The fourth-order valence-electron chi connectivity index (χ4n) is 4.18. The number of piperazine rings is 1. The van der Waals surface area contributed by atoms with Crippen LogP contribution in [0.15, 0.2) is 24.3 Å². The number of hydrogen-bond acceptors (Lipinski definition) is 7. The molecule has 2 saturated heterocycles. The number of rotatable bonds is 6. The molecule has 30 heavy (non-hydrogen) atoms. The highest BCUT2D eigenvalue weighted by atomic mass is 16.5. The highest BCUT2D eigenvalue weighted by molar-refractivity contribution is 6.07. The van der Waals surface area contributed by atoms with Crippen molar-refractivity contribution in [2.45, 2.75) is 19.9 Å². The first-order valence-corrected chi connectivity index (χ1v) is 11.0. The van der Waals surface area contributed by atoms with Crippen LogP contribution in [0.3, 0.4) is 0 Å². The van der Waals surface area contributed by atoms with Gasteiger partial charge in [0.05, 0.1) is 13.2 Å². The van der Waals surface area contributed by atoms with Gasteiger partial charge in [0.15, 0.2) is 11.5 Å². The van der Waals surface area contributed by atoms with E-state index in [-0.39, 0.29) is 5.91 Å². The molecule has 1 aromatic carbocycles. The summed E-state index contributed by atoms with van der Waals surface area (Å²) in [5.41, 5.74) is 0.400. The van der Waals surface area contributed by atoms with Gasteiger partial charge in [-0.15, -0.1) is 10.2 Å². The lowest BCUT2D eigenvalue weighted by Crippen LogP contribution is -2.49. The number of nitrogens with zero attached hydrogens (tertiary/aromatic N) is 5. The first kappa shape index (κ1) is 21.0. The third kappa shape index (κ3) is 4.71. The minimum absolute atomic E-state index is 0.164. The van der Waals surface area contributed by atoms with Crippen molar-refractivity contribution in [2.75, 3.05) is 70.5 Å². The number of morpholine rings is 1. The average Bonchev–Trinajstić information content (AvgIpc) is 2.79. The largest absolute Gasteiger partial charge is 0.379 e. The van der Waals surface area contributed by atoms with Crippen molar-refractivity contribution >= 4 is 22.5 Å². The van der Waals surface area contributed by atoms with Gasteiger partial charge in [-0.25, -0.2) is 0 Å². The van der Waals surface area contributed by atoms with Gasteiger partial charge in [0, 0.05) is 69.2 Å². The van der Waals surface area contributed by atoms with E-state index in [9.17, 15) is 4.79 Å². The van der Waals surface area contributed by atoms with E-state index < -0.39 is 0 Å². The van der Waals surface area contributed by atoms with E-state index in [0.717, 1.165) is 75.6 Å². The summed E-state index contributed by atoms with van der Waals surface area (Å²) in [6.07, 6.45) is 0. The Balaban J connectivity index is 1.46. The van der Waals surface area contributed by atoms with Crippen LogP contribution in [0.25, 0.3) is 10.8 Å². The average molecular weight is 413 g/mol. The zero-order valence-corrected chi connectivity index (χ0v) is 18.0. The number of hydrogen-bond donors (Lipinski definition) is 1. The van der Waals surface area contributed by atoms with Crippen molar-refractivity contribution in [3.05, 3.63) is 30.0 Å². The van der Waals surface area contributed by atoms with E-state index in [0.29, 0.717) is 18.3 Å². The lowest BCUT2D eigenvalue weighted by atomic mass is 10.1. The van der Waals surface area contributed by atoms with Gasteiger partial charge >= 0.3 is 0 Å². The Hall–Kier alpha value is -2.29. The Morgan fingerprint density at radius 1 is 1.03 bits per heavy atom. The molecule has 2 aromatic rings. The zero-order chi connectivity index (χ0) is 20.9. The number of carbonyl (C=O) groups excluding carboxylic acids is 1. The minimum atomic E-state index is -0.164. The predicted octanol–water partition coefficient (Wildman–Crippen LogP) is 1.22. The first-order valence-electron chi connectivity index (χ1n) is 11.0. The number of carbonyl (C=O) groups is 1. The molecule has 2 fully saturated rings. The Labute approximate surface area is 178 Å². The zero-order valence-electron chi connectivity index (χ0n) is 18.0. The van der Waals surface area contributed by atoms with Crippen LogP contribution < -0.4 is 10.2 Å². The smallest absolute Gasteiger partial charge is 0.272 e. The van der Waals surface area contributed by atoms with Crippen molar-refractivity contribution < 1.29 is 9.53 Å². The van der Waals surface area contributed by atoms with E-state index in [1.54, 1.807) is 0 Å². The maximum absolute atomic E-state index is 12.8. The summed E-state index contributed by atoms with van der Waals surface area (Å²) in [6, 6.07) is 8.51. The Bertz CT molecular complexity index is 860. The Kier molecular flexibility index (Phi) is 6.76. The topological polar surface area (TPSA) is 73.8 Å². The second kappa shape index (κ2) is 9.68. The molecule has 0 unspecified atom stereocenters. The predicted molar refractivity (Wildman–Crippen MR) is 118 cm³/mol. The maximum atomic E-state index is 12.8.